The molecule has 1 aliphatic rings. The van der Waals surface area contributed by atoms with E-state index in [0.29, 0.717) is 0 Å². The SMILES string of the molecule is CC1CN(C)N=C(N)O1. The van der Waals surface area contributed by atoms with Crippen molar-refractivity contribution < 1.29 is 4.74 Å². The molecule has 1 heterocycles. The molecule has 1 rings (SSSR count). The minimum absolute atomic E-state index is 0.160. The molecule has 0 fully saturated rings. The molecule has 0 aromatic carbocycles. The van der Waals surface area contributed by atoms with E-state index >= 15 is 0 Å². The summed E-state index contributed by atoms with van der Waals surface area (Å²) in [5.74, 6) is 0. The summed E-state index contributed by atoms with van der Waals surface area (Å²) in [5.41, 5.74) is 5.30. The average molecular weight is 129 g/mol. The number of hydrogen-bond donors (Lipinski definition) is 1. The van der Waals surface area contributed by atoms with Crippen LogP contribution < -0.4 is 5.73 Å². The number of hydrazone groups is 1. The van der Waals surface area contributed by atoms with Crippen LogP contribution in [0.4, 0.5) is 0 Å². The number of hydrogen-bond acceptors (Lipinski definition) is 4. The number of nitrogens with zero attached hydrogens (tertiary/aromatic N) is 2. The lowest BCUT2D eigenvalue weighted by Crippen LogP contribution is -2.37. The molecule has 52 valence electrons. The van der Waals surface area contributed by atoms with Gasteiger partial charge in [0.05, 0.1) is 6.54 Å². The molecule has 0 saturated heterocycles. The van der Waals surface area contributed by atoms with E-state index < -0.39 is 0 Å². The molecule has 0 aromatic heterocycles. The van der Waals surface area contributed by atoms with Gasteiger partial charge in [0.25, 0.3) is 0 Å². The molecule has 0 spiro atoms. The van der Waals surface area contributed by atoms with E-state index in [4.69, 9.17) is 10.5 Å². The van der Waals surface area contributed by atoms with Gasteiger partial charge in [-0.15, -0.1) is 5.10 Å². The first kappa shape index (κ1) is 6.19. The second kappa shape index (κ2) is 2.13. The van der Waals surface area contributed by atoms with Crippen LogP contribution in [-0.2, 0) is 4.74 Å². The van der Waals surface area contributed by atoms with Gasteiger partial charge in [0, 0.05) is 7.05 Å². The quantitative estimate of drug-likeness (QED) is 0.482. The van der Waals surface area contributed by atoms with E-state index in [0.717, 1.165) is 6.54 Å². The van der Waals surface area contributed by atoms with E-state index in [9.17, 15) is 0 Å². The van der Waals surface area contributed by atoms with E-state index in [2.05, 4.69) is 5.10 Å². The van der Waals surface area contributed by atoms with Crippen LogP contribution in [0.25, 0.3) is 0 Å². The highest BCUT2D eigenvalue weighted by atomic mass is 16.5. The number of rotatable bonds is 0. The third-order valence-corrected chi connectivity index (χ3v) is 1.11. The Balaban J connectivity index is 2.56. The summed E-state index contributed by atoms with van der Waals surface area (Å²) in [4.78, 5) is 0. The number of ether oxygens (including phenoxy) is 1. The van der Waals surface area contributed by atoms with Crippen LogP contribution in [0.3, 0.4) is 0 Å². The van der Waals surface area contributed by atoms with Crippen molar-refractivity contribution in [3.63, 3.8) is 0 Å². The van der Waals surface area contributed by atoms with Crippen molar-refractivity contribution in [2.24, 2.45) is 10.8 Å². The Bertz CT molecular complexity index is 134. The summed E-state index contributed by atoms with van der Waals surface area (Å²) in [6.45, 7) is 2.76. The molecule has 4 nitrogen and oxygen atoms in total. The molecule has 1 atom stereocenters. The van der Waals surface area contributed by atoms with Crippen LogP contribution in [0.5, 0.6) is 0 Å². The van der Waals surface area contributed by atoms with Crippen LogP contribution >= 0.6 is 0 Å². The topological polar surface area (TPSA) is 50.8 Å². The molecule has 4 heteroatoms. The second-order valence-electron chi connectivity index (χ2n) is 2.21. The molecule has 0 bridgehead atoms. The van der Waals surface area contributed by atoms with Gasteiger partial charge >= 0.3 is 6.02 Å². The van der Waals surface area contributed by atoms with Crippen molar-refractivity contribution in [2.45, 2.75) is 13.0 Å². The van der Waals surface area contributed by atoms with Gasteiger partial charge in [0.15, 0.2) is 0 Å². The molecule has 1 unspecified atom stereocenters. The number of likely N-dealkylation sites (N-methyl/N-ethyl adjacent to an activating group) is 1. The maximum atomic E-state index is 5.30. The lowest BCUT2D eigenvalue weighted by atomic mass is 10.4. The molecule has 2 N–H and O–H groups in total. The molecule has 0 saturated carbocycles. The van der Waals surface area contributed by atoms with E-state index in [1.165, 1.54) is 0 Å². The lowest BCUT2D eigenvalue weighted by molar-refractivity contribution is 0.116. The van der Waals surface area contributed by atoms with E-state index in [-0.39, 0.29) is 12.1 Å². The van der Waals surface area contributed by atoms with Crippen LogP contribution in [0.15, 0.2) is 5.10 Å². The Morgan fingerprint density at radius 1 is 1.89 bits per heavy atom. The van der Waals surface area contributed by atoms with Crippen molar-refractivity contribution in [1.82, 2.24) is 5.01 Å². The predicted octanol–water partition coefficient (Wildman–Crippen LogP) is -0.433. The van der Waals surface area contributed by atoms with Crippen molar-refractivity contribution in [1.29, 1.82) is 0 Å². The van der Waals surface area contributed by atoms with Crippen LogP contribution in [0.2, 0.25) is 0 Å². The first-order valence-corrected chi connectivity index (χ1v) is 2.90. The average Bonchev–Trinajstić information content (AvgIpc) is 1.59. The highest BCUT2D eigenvalue weighted by molar-refractivity contribution is 5.71. The van der Waals surface area contributed by atoms with Crippen molar-refractivity contribution in [3.8, 4) is 0 Å². The third-order valence-electron chi connectivity index (χ3n) is 1.11. The van der Waals surface area contributed by atoms with Crippen molar-refractivity contribution >= 4 is 6.02 Å². The molecule has 0 aromatic rings. The molecule has 1 aliphatic heterocycles. The van der Waals surface area contributed by atoms with Crippen molar-refractivity contribution in [3.05, 3.63) is 0 Å². The van der Waals surface area contributed by atoms with Gasteiger partial charge in [-0.25, -0.2) is 0 Å². The smallest absolute Gasteiger partial charge is 0.304 e. The molecule has 0 amide bonds. The molecular weight excluding hydrogens is 118 g/mol. The summed E-state index contributed by atoms with van der Waals surface area (Å²) in [6.07, 6.45) is 0.160. The van der Waals surface area contributed by atoms with Crippen LogP contribution in [0, 0.1) is 0 Å². The van der Waals surface area contributed by atoms with Gasteiger partial charge in [0.1, 0.15) is 6.10 Å². The highest BCUT2D eigenvalue weighted by Crippen LogP contribution is 2.00. The van der Waals surface area contributed by atoms with Gasteiger partial charge in [0.2, 0.25) is 0 Å². The van der Waals surface area contributed by atoms with E-state index in [1.807, 2.05) is 14.0 Å². The predicted molar refractivity (Wildman–Crippen MR) is 34.8 cm³/mol. The second-order valence-corrected chi connectivity index (χ2v) is 2.21. The zero-order valence-electron chi connectivity index (χ0n) is 5.66. The van der Waals surface area contributed by atoms with Gasteiger partial charge in [-0.1, -0.05) is 0 Å². The zero-order chi connectivity index (χ0) is 6.85. The van der Waals surface area contributed by atoms with Gasteiger partial charge in [-0.2, -0.15) is 0 Å². The minimum Gasteiger partial charge on any atom is -0.459 e. The molecule has 0 radical (unpaired) electrons. The monoisotopic (exact) mass is 129 g/mol. The largest absolute Gasteiger partial charge is 0.459 e. The normalized spacial score (nSPS) is 27.1. The fourth-order valence-electron chi connectivity index (χ4n) is 0.848. The fourth-order valence-corrected chi connectivity index (χ4v) is 0.848. The summed E-state index contributed by atoms with van der Waals surface area (Å²) < 4.78 is 5.04. The lowest BCUT2D eigenvalue weighted by Gasteiger charge is -2.24. The Labute approximate surface area is 54.3 Å². The number of amidine groups is 1. The molecular formula is C5H11N3O. The van der Waals surface area contributed by atoms with Gasteiger partial charge in [-0.05, 0) is 6.92 Å². The first-order chi connectivity index (χ1) is 4.18. The summed E-state index contributed by atoms with van der Waals surface area (Å²) >= 11 is 0. The maximum absolute atomic E-state index is 5.30. The minimum atomic E-state index is 0.160. The first-order valence-electron chi connectivity index (χ1n) is 2.90. The fraction of sp³-hybridized carbons (Fsp3) is 0.800. The Morgan fingerprint density at radius 3 is 3.00 bits per heavy atom. The Hall–Kier alpha value is -0.930. The summed E-state index contributed by atoms with van der Waals surface area (Å²) in [6, 6.07) is 0.260. The van der Waals surface area contributed by atoms with Gasteiger partial charge < -0.3 is 10.5 Å². The third kappa shape index (κ3) is 1.48. The van der Waals surface area contributed by atoms with Gasteiger partial charge in [-0.3, -0.25) is 5.01 Å². The Morgan fingerprint density at radius 2 is 2.56 bits per heavy atom. The molecule has 0 aliphatic carbocycles. The number of nitrogens with two attached hydrogens (primary N) is 1. The van der Waals surface area contributed by atoms with Crippen LogP contribution in [-0.4, -0.2) is 30.7 Å². The highest BCUT2D eigenvalue weighted by Gasteiger charge is 2.12. The van der Waals surface area contributed by atoms with Crippen molar-refractivity contribution in [2.75, 3.05) is 13.6 Å². The zero-order valence-corrected chi connectivity index (χ0v) is 5.66. The van der Waals surface area contributed by atoms with E-state index in [1.54, 1.807) is 5.01 Å². The summed E-state index contributed by atoms with van der Waals surface area (Å²) in [7, 11) is 1.87. The maximum Gasteiger partial charge on any atom is 0.304 e. The standard InChI is InChI=1S/C5H11N3O/c1-4-3-8(2)7-5(6)9-4/h4H,3H2,1-2H3,(H2,6,7). The molecule has 9 heavy (non-hydrogen) atoms. The Kier molecular flexibility index (Phi) is 1.46. The van der Waals surface area contributed by atoms with Crippen LogP contribution in [0.1, 0.15) is 6.92 Å². The summed E-state index contributed by atoms with van der Waals surface area (Å²) in [5, 5.41) is 5.61.